The highest BCUT2D eigenvalue weighted by molar-refractivity contribution is 7.90. The van der Waals surface area contributed by atoms with Gasteiger partial charge in [0.05, 0.1) is 11.9 Å². The van der Waals surface area contributed by atoms with Gasteiger partial charge in [-0.2, -0.15) is 0 Å². The third-order valence-corrected chi connectivity index (χ3v) is 4.00. The second kappa shape index (κ2) is 8.53. The molecule has 120 valence electrons. The minimum Gasteiger partial charge on any atom is -0.325 e. The molecule has 1 aromatic heterocycles. The molecule has 1 saturated heterocycles. The summed E-state index contributed by atoms with van der Waals surface area (Å²) in [5.74, 6) is -0.0895. The zero-order chi connectivity index (χ0) is 13.9. The van der Waals surface area contributed by atoms with Gasteiger partial charge >= 0.3 is 0 Å². The molecule has 1 aromatic rings. The number of amides is 1. The lowest BCUT2D eigenvalue weighted by atomic mass is 10.1. The summed E-state index contributed by atoms with van der Waals surface area (Å²) in [7, 11) is -3.30. The third-order valence-electron chi connectivity index (χ3n) is 2.99. The molecule has 6 nitrogen and oxygen atoms in total. The van der Waals surface area contributed by atoms with Crippen LogP contribution in [0.1, 0.15) is 19.3 Å². The molecule has 1 aliphatic rings. The van der Waals surface area contributed by atoms with Gasteiger partial charge in [0.1, 0.15) is 0 Å². The maximum absolute atomic E-state index is 11.8. The Morgan fingerprint density at radius 3 is 2.62 bits per heavy atom. The minimum atomic E-state index is -3.30. The quantitative estimate of drug-likeness (QED) is 0.852. The van der Waals surface area contributed by atoms with Crippen LogP contribution >= 0.6 is 24.8 Å². The van der Waals surface area contributed by atoms with Crippen molar-refractivity contribution in [2.45, 2.75) is 30.3 Å². The first-order valence-electron chi connectivity index (χ1n) is 6.14. The van der Waals surface area contributed by atoms with Crippen molar-refractivity contribution in [2.75, 3.05) is 18.1 Å². The molecular weight excluding hydrogens is 337 g/mol. The lowest BCUT2D eigenvalue weighted by Gasteiger charge is -2.10. The smallest absolute Gasteiger partial charge is 0.225 e. The zero-order valence-corrected chi connectivity index (χ0v) is 14.0. The van der Waals surface area contributed by atoms with Gasteiger partial charge < -0.3 is 10.6 Å². The molecule has 2 heterocycles. The van der Waals surface area contributed by atoms with E-state index in [-0.39, 0.29) is 41.8 Å². The number of rotatable bonds is 4. The second-order valence-electron chi connectivity index (χ2n) is 4.70. The van der Waals surface area contributed by atoms with Crippen molar-refractivity contribution in [1.82, 2.24) is 10.3 Å². The summed E-state index contributed by atoms with van der Waals surface area (Å²) in [4.78, 5) is 15.6. The number of pyridine rings is 1. The van der Waals surface area contributed by atoms with Crippen molar-refractivity contribution < 1.29 is 13.2 Å². The number of aromatic nitrogens is 1. The third kappa shape index (κ3) is 6.17. The predicted octanol–water partition coefficient (Wildman–Crippen LogP) is 1.41. The van der Waals surface area contributed by atoms with Crippen molar-refractivity contribution in [1.29, 1.82) is 0 Å². The standard InChI is InChI=1S/C12H17N3O3S.2ClH/c1-19(17,18)12-5-4-10(8-14-12)15-11(16)7-9-3-2-6-13-9;;/h4-5,8-9,13H,2-3,6-7H2,1H3,(H,15,16);2*1H. The van der Waals surface area contributed by atoms with Gasteiger partial charge in [-0.05, 0) is 31.5 Å². The molecule has 1 amide bonds. The number of nitrogens with one attached hydrogen (secondary N) is 2. The second-order valence-corrected chi connectivity index (χ2v) is 6.67. The van der Waals surface area contributed by atoms with Crippen LogP contribution in [0.4, 0.5) is 5.69 Å². The van der Waals surface area contributed by atoms with Gasteiger partial charge in [-0.3, -0.25) is 4.79 Å². The number of nitrogens with zero attached hydrogens (tertiary/aromatic N) is 1. The molecule has 1 unspecified atom stereocenters. The zero-order valence-electron chi connectivity index (χ0n) is 11.5. The first kappa shape index (κ1) is 20.1. The molecule has 2 rings (SSSR count). The van der Waals surface area contributed by atoms with Gasteiger partial charge in [-0.15, -0.1) is 24.8 Å². The molecular formula is C12H19Cl2N3O3S. The van der Waals surface area contributed by atoms with E-state index in [2.05, 4.69) is 15.6 Å². The largest absolute Gasteiger partial charge is 0.325 e. The van der Waals surface area contributed by atoms with Crippen molar-refractivity contribution in [2.24, 2.45) is 0 Å². The van der Waals surface area contributed by atoms with E-state index in [4.69, 9.17) is 0 Å². The normalized spacial score (nSPS) is 17.5. The van der Waals surface area contributed by atoms with Crippen LogP contribution in [0.2, 0.25) is 0 Å². The van der Waals surface area contributed by atoms with E-state index >= 15 is 0 Å². The van der Waals surface area contributed by atoms with Gasteiger partial charge in [-0.25, -0.2) is 13.4 Å². The molecule has 21 heavy (non-hydrogen) atoms. The summed E-state index contributed by atoms with van der Waals surface area (Å²) in [6, 6.07) is 3.17. The Morgan fingerprint density at radius 2 is 2.14 bits per heavy atom. The molecule has 0 aliphatic carbocycles. The minimum absolute atomic E-state index is 0. The highest BCUT2D eigenvalue weighted by Gasteiger charge is 2.17. The lowest BCUT2D eigenvalue weighted by Crippen LogP contribution is -2.27. The van der Waals surface area contributed by atoms with E-state index < -0.39 is 9.84 Å². The number of carbonyl (C=O) groups is 1. The number of anilines is 1. The summed E-state index contributed by atoms with van der Waals surface area (Å²) in [5.41, 5.74) is 0.510. The fraction of sp³-hybridized carbons (Fsp3) is 0.500. The number of hydrogen-bond donors (Lipinski definition) is 2. The summed E-state index contributed by atoms with van der Waals surface area (Å²) in [6.07, 6.45) is 4.99. The summed E-state index contributed by atoms with van der Waals surface area (Å²) in [5, 5.41) is 5.96. The van der Waals surface area contributed by atoms with Crippen LogP contribution < -0.4 is 10.6 Å². The molecule has 2 N–H and O–H groups in total. The molecule has 0 saturated carbocycles. The van der Waals surface area contributed by atoms with Gasteiger partial charge in [0.2, 0.25) is 5.91 Å². The van der Waals surface area contributed by atoms with Crippen molar-refractivity contribution in [3.63, 3.8) is 0 Å². The van der Waals surface area contributed by atoms with Crippen molar-refractivity contribution in [3.05, 3.63) is 18.3 Å². The molecule has 0 bridgehead atoms. The average Bonchev–Trinajstić information content (AvgIpc) is 2.81. The van der Waals surface area contributed by atoms with Crippen LogP contribution in [0.3, 0.4) is 0 Å². The van der Waals surface area contributed by atoms with E-state index in [1.165, 1.54) is 12.3 Å². The number of sulfone groups is 1. The van der Waals surface area contributed by atoms with E-state index in [0.717, 1.165) is 25.6 Å². The van der Waals surface area contributed by atoms with Gasteiger partial charge in [-0.1, -0.05) is 0 Å². The van der Waals surface area contributed by atoms with Gasteiger partial charge in [0.15, 0.2) is 14.9 Å². The topological polar surface area (TPSA) is 88.2 Å². The Bertz CT molecular complexity index is 558. The Labute approximate surface area is 136 Å². The van der Waals surface area contributed by atoms with E-state index in [0.29, 0.717) is 12.1 Å². The Balaban J connectivity index is 0.00000200. The Hall–Kier alpha value is -0.890. The van der Waals surface area contributed by atoms with Crippen LogP contribution in [0, 0.1) is 0 Å². The van der Waals surface area contributed by atoms with Crippen LogP contribution in [0.15, 0.2) is 23.4 Å². The number of hydrogen-bond acceptors (Lipinski definition) is 5. The molecule has 0 radical (unpaired) electrons. The monoisotopic (exact) mass is 355 g/mol. The molecule has 0 aromatic carbocycles. The molecule has 1 aliphatic heterocycles. The van der Waals surface area contributed by atoms with Gasteiger partial charge in [0, 0.05) is 18.7 Å². The maximum atomic E-state index is 11.8. The number of halogens is 2. The molecule has 9 heteroatoms. The van der Waals surface area contributed by atoms with E-state index in [1.807, 2.05) is 0 Å². The molecule has 0 spiro atoms. The van der Waals surface area contributed by atoms with Crippen molar-refractivity contribution in [3.8, 4) is 0 Å². The van der Waals surface area contributed by atoms with Crippen molar-refractivity contribution >= 4 is 46.2 Å². The summed E-state index contributed by atoms with van der Waals surface area (Å²) >= 11 is 0. The summed E-state index contributed by atoms with van der Waals surface area (Å²) in [6.45, 7) is 0.961. The average molecular weight is 356 g/mol. The van der Waals surface area contributed by atoms with Gasteiger partial charge in [0.25, 0.3) is 0 Å². The number of carbonyl (C=O) groups excluding carboxylic acids is 1. The van der Waals surface area contributed by atoms with E-state index in [9.17, 15) is 13.2 Å². The summed E-state index contributed by atoms with van der Waals surface area (Å²) < 4.78 is 22.5. The lowest BCUT2D eigenvalue weighted by molar-refractivity contribution is -0.116. The Morgan fingerprint density at radius 1 is 1.43 bits per heavy atom. The van der Waals surface area contributed by atoms with E-state index in [1.54, 1.807) is 6.07 Å². The molecule has 1 fully saturated rings. The fourth-order valence-electron chi connectivity index (χ4n) is 2.04. The van der Waals surface area contributed by atoms with Crippen LogP contribution in [0.25, 0.3) is 0 Å². The Kier molecular flexibility index (Phi) is 8.17. The first-order chi connectivity index (χ1) is 8.95. The van der Waals surface area contributed by atoms with Crippen LogP contribution in [0.5, 0.6) is 0 Å². The predicted molar refractivity (Wildman–Crippen MR) is 86.1 cm³/mol. The SMILES string of the molecule is CS(=O)(=O)c1ccc(NC(=O)CC2CCCN2)cn1.Cl.Cl. The maximum Gasteiger partial charge on any atom is 0.225 e. The molecule has 1 atom stereocenters. The highest BCUT2D eigenvalue weighted by Crippen LogP contribution is 2.13. The highest BCUT2D eigenvalue weighted by atomic mass is 35.5. The first-order valence-corrected chi connectivity index (χ1v) is 8.03. The fourth-order valence-corrected chi connectivity index (χ4v) is 2.60. The van der Waals surface area contributed by atoms with Crippen LogP contribution in [-0.2, 0) is 14.6 Å². The van der Waals surface area contributed by atoms with Crippen LogP contribution in [-0.4, -0.2) is 38.2 Å².